The average Bonchev–Trinajstić information content (AvgIpc) is 3.03. The fourth-order valence-corrected chi connectivity index (χ4v) is 3.36. The first-order chi connectivity index (χ1) is 13.0. The topological polar surface area (TPSA) is 86.6 Å². The van der Waals surface area contributed by atoms with Crippen molar-refractivity contribution in [3.8, 4) is 11.8 Å². The van der Waals surface area contributed by atoms with E-state index in [0.717, 1.165) is 41.4 Å². The lowest BCUT2D eigenvalue weighted by Crippen LogP contribution is -2.16. The molecular weight excluding hydrogens is 386 g/mol. The summed E-state index contributed by atoms with van der Waals surface area (Å²) in [7, 11) is 0. The van der Waals surface area contributed by atoms with Crippen molar-refractivity contribution in [3.05, 3.63) is 56.2 Å². The third-order valence-electron chi connectivity index (χ3n) is 3.87. The first-order valence-corrected chi connectivity index (χ1v) is 9.73. The number of benzene rings is 1. The number of rotatable bonds is 3. The Morgan fingerprint density at radius 2 is 1.78 bits per heavy atom. The van der Waals surface area contributed by atoms with Crippen molar-refractivity contribution in [2.75, 3.05) is 13.1 Å². The number of hydrogen-bond donors (Lipinski definition) is 3. The zero-order chi connectivity index (χ0) is 19.6. The first-order valence-electron chi connectivity index (χ1n) is 8.47. The zero-order valence-electron chi connectivity index (χ0n) is 14.6. The maximum Gasteiger partial charge on any atom is 0.303 e. The van der Waals surface area contributed by atoms with Crippen LogP contribution in [0, 0.1) is 11.8 Å². The summed E-state index contributed by atoms with van der Waals surface area (Å²) in [6, 6.07) is 8.17. The summed E-state index contributed by atoms with van der Waals surface area (Å²) in [5, 5.41) is 22.0. The first kappa shape index (κ1) is 21.0. The number of nitrogens with one attached hydrogen (secondary N) is 1. The van der Waals surface area contributed by atoms with Crippen molar-refractivity contribution in [1.82, 2.24) is 5.32 Å². The Labute approximate surface area is 167 Å². The number of fused-ring (bicyclic) bond motifs is 1. The lowest BCUT2D eigenvalue weighted by molar-refractivity contribution is -0.143. The van der Waals surface area contributed by atoms with Gasteiger partial charge in [0, 0.05) is 5.56 Å². The van der Waals surface area contributed by atoms with Gasteiger partial charge in [0.1, 0.15) is 0 Å². The standard InChI is InChI=1S/C16H14ClNS.C4H6O4/c17-16-6-3-12-7-9-18-10-8-14(12)15(16)5-4-13-2-1-11-19-13;5-3(6)1-2-4(7)8/h1-3,6,11,18H,7-10H2;1-2H2,(H,5,6)(H,7,8). The van der Waals surface area contributed by atoms with Crippen LogP contribution in [0.1, 0.15) is 34.4 Å². The minimum absolute atomic E-state index is 0.296. The highest BCUT2D eigenvalue weighted by Crippen LogP contribution is 2.25. The van der Waals surface area contributed by atoms with Gasteiger partial charge in [-0.25, -0.2) is 0 Å². The maximum atomic E-state index is 9.64. The molecule has 0 bridgehead atoms. The highest BCUT2D eigenvalue weighted by atomic mass is 35.5. The van der Waals surface area contributed by atoms with E-state index in [2.05, 4.69) is 23.2 Å². The Hall–Kier alpha value is -2.33. The Bertz CT molecular complexity index is 839. The second-order valence-electron chi connectivity index (χ2n) is 5.82. The second kappa shape index (κ2) is 10.7. The van der Waals surface area contributed by atoms with E-state index in [0.29, 0.717) is 0 Å². The van der Waals surface area contributed by atoms with E-state index < -0.39 is 11.9 Å². The molecule has 0 spiro atoms. The molecule has 5 nitrogen and oxygen atoms in total. The van der Waals surface area contributed by atoms with E-state index in [4.69, 9.17) is 21.8 Å². The number of aliphatic carboxylic acids is 2. The summed E-state index contributed by atoms with van der Waals surface area (Å²) in [6.07, 6.45) is 1.47. The van der Waals surface area contributed by atoms with Gasteiger partial charge in [-0.2, -0.15) is 0 Å². The molecule has 0 aliphatic carbocycles. The highest BCUT2D eigenvalue weighted by Gasteiger charge is 2.13. The molecule has 1 aliphatic heterocycles. The van der Waals surface area contributed by atoms with E-state index in [-0.39, 0.29) is 12.8 Å². The molecule has 142 valence electrons. The SMILES string of the molecule is Clc1ccc2c(c1C#Cc1cccs1)CCNCC2.O=C(O)CCC(=O)O. The average molecular weight is 406 g/mol. The van der Waals surface area contributed by atoms with Crippen LogP contribution in [-0.2, 0) is 22.4 Å². The Morgan fingerprint density at radius 1 is 1.07 bits per heavy atom. The van der Waals surface area contributed by atoms with Gasteiger partial charge in [0.25, 0.3) is 0 Å². The summed E-state index contributed by atoms with van der Waals surface area (Å²) < 4.78 is 0. The predicted octanol–water partition coefficient (Wildman–Crippen LogP) is 3.43. The summed E-state index contributed by atoms with van der Waals surface area (Å²) >= 11 is 8.00. The van der Waals surface area contributed by atoms with E-state index >= 15 is 0 Å². The molecule has 0 saturated carbocycles. The molecule has 0 amide bonds. The number of thiophene rings is 1. The third kappa shape index (κ3) is 7.06. The van der Waals surface area contributed by atoms with Crippen molar-refractivity contribution in [3.63, 3.8) is 0 Å². The molecule has 0 saturated heterocycles. The monoisotopic (exact) mass is 405 g/mol. The molecule has 0 fully saturated rings. The molecule has 1 aromatic heterocycles. The van der Waals surface area contributed by atoms with Crippen LogP contribution in [0.15, 0.2) is 29.6 Å². The smallest absolute Gasteiger partial charge is 0.303 e. The van der Waals surface area contributed by atoms with E-state index in [9.17, 15) is 9.59 Å². The molecule has 0 unspecified atom stereocenters. The minimum Gasteiger partial charge on any atom is -0.481 e. The van der Waals surface area contributed by atoms with Gasteiger partial charge in [-0.05, 0) is 54.6 Å². The van der Waals surface area contributed by atoms with Crippen molar-refractivity contribution >= 4 is 34.9 Å². The summed E-state index contributed by atoms with van der Waals surface area (Å²) in [4.78, 5) is 20.4. The summed E-state index contributed by atoms with van der Waals surface area (Å²) in [5.41, 5.74) is 3.71. The van der Waals surface area contributed by atoms with Crippen molar-refractivity contribution < 1.29 is 19.8 Å². The van der Waals surface area contributed by atoms with Gasteiger partial charge >= 0.3 is 11.9 Å². The van der Waals surface area contributed by atoms with Crippen molar-refractivity contribution in [1.29, 1.82) is 0 Å². The zero-order valence-corrected chi connectivity index (χ0v) is 16.2. The normalized spacial score (nSPS) is 12.5. The molecule has 3 N–H and O–H groups in total. The van der Waals surface area contributed by atoms with Gasteiger partial charge < -0.3 is 15.5 Å². The van der Waals surface area contributed by atoms with Crippen molar-refractivity contribution in [2.24, 2.45) is 0 Å². The van der Waals surface area contributed by atoms with Gasteiger partial charge in [0.2, 0.25) is 0 Å². The molecule has 1 aromatic carbocycles. The second-order valence-corrected chi connectivity index (χ2v) is 7.18. The maximum absolute atomic E-state index is 9.64. The number of carbonyl (C=O) groups is 2. The molecule has 0 atom stereocenters. The van der Waals surface area contributed by atoms with Gasteiger partial charge in [-0.1, -0.05) is 35.6 Å². The van der Waals surface area contributed by atoms with Crippen LogP contribution in [0.4, 0.5) is 0 Å². The molecule has 7 heteroatoms. The van der Waals surface area contributed by atoms with E-state index in [1.807, 2.05) is 23.6 Å². The lowest BCUT2D eigenvalue weighted by Gasteiger charge is -2.09. The van der Waals surface area contributed by atoms with Crippen LogP contribution < -0.4 is 5.32 Å². The number of halogens is 1. The number of carboxylic acid groups (broad SMARTS) is 2. The highest BCUT2D eigenvalue weighted by molar-refractivity contribution is 7.10. The van der Waals surface area contributed by atoms with Crippen LogP contribution in [0.3, 0.4) is 0 Å². The van der Waals surface area contributed by atoms with Gasteiger partial charge in [-0.3, -0.25) is 9.59 Å². The van der Waals surface area contributed by atoms with E-state index in [1.54, 1.807) is 11.3 Å². The fraction of sp³-hybridized carbons (Fsp3) is 0.300. The number of carboxylic acids is 2. The van der Waals surface area contributed by atoms with Crippen molar-refractivity contribution in [2.45, 2.75) is 25.7 Å². The van der Waals surface area contributed by atoms with Crippen LogP contribution >= 0.6 is 22.9 Å². The van der Waals surface area contributed by atoms with E-state index in [1.165, 1.54) is 11.1 Å². The molecule has 3 rings (SSSR count). The van der Waals surface area contributed by atoms with Crippen LogP contribution in [0.2, 0.25) is 5.02 Å². The van der Waals surface area contributed by atoms with Gasteiger partial charge in [0.05, 0.1) is 22.7 Å². The predicted molar refractivity (Wildman–Crippen MR) is 107 cm³/mol. The fourth-order valence-electron chi connectivity index (χ4n) is 2.57. The molecule has 2 aromatic rings. The molecule has 27 heavy (non-hydrogen) atoms. The summed E-state index contributed by atoms with van der Waals surface area (Å²) in [6.45, 7) is 2.04. The van der Waals surface area contributed by atoms with Crippen LogP contribution in [0.25, 0.3) is 0 Å². The Balaban J connectivity index is 0.000000279. The minimum atomic E-state index is -1.08. The lowest BCUT2D eigenvalue weighted by atomic mass is 9.97. The third-order valence-corrected chi connectivity index (χ3v) is 4.97. The molecular formula is C20H20ClNO4S. The molecule has 2 heterocycles. The summed E-state index contributed by atoms with van der Waals surface area (Å²) in [5.74, 6) is 4.33. The van der Waals surface area contributed by atoms with Gasteiger partial charge in [0.15, 0.2) is 0 Å². The Kier molecular flexibility index (Phi) is 8.34. The molecule has 0 radical (unpaired) electrons. The largest absolute Gasteiger partial charge is 0.481 e. The van der Waals surface area contributed by atoms with Crippen LogP contribution in [-0.4, -0.2) is 35.2 Å². The Morgan fingerprint density at radius 3 is 2.41 bits per heavy atom. The molecule has 1 aliphatic rings. The number of hydrogen-bond acceptors (Lipinski definition) is 4. The quantitative estimate of drug-likeness (QED) is 0.681. The van der Waals surface area contributed by atoms with Gasteiger partial charge in [-0.15, -0.1) is 11.3 Å². The van der Waals surface area contributed by atoms with Crippen LogP contribution in [0.5, 0.6) is 0 Å².